The van der Waals surface area contributed by atoms with Crippen molar-refractivity contribution in [1.29, 1.82) is 0 Å². The van der Waals surface area contributed by atoms with Crippen LogP contribution in [0.2, 0.25) is 0 Å². The lowest BCUT2D eigenvalue weighted by molar-refractivity contribution is 0.0956. The molecule has 0 saturated carbocycles. The Bertz CT molecular complexity index is 270. The molecule has 1 heterocycles. The second-order valence-electron chi connectivity index (χ2n) is 2.86. The van der Waals surface area contributed by atoms with Crippen LogP contribution >= 0.6 is 0 Å². The highest BCUT2D eigenvalue weighted by molar-refractivity contribution is 5.93. The molecule has 1 rings (SSSR count). The Kier molecular flexibility index (Phi) is 2.86. The highest BCUT2D eigenvalue weighted by Crippen LogP contribution is 2.08. The first-order chi connectivity index (χ1) is 5.70. The fourth-order valence-corrected chi connectivity index (χ4v) is 0.887. The summed E-state index contributed by atoms with van der Waals surface area (Å²) in [6.07, 6.45) is 2.73. The third-order valence-corrected chi connectivity index (χ3v) is 1.57. The molecule has 0 spiro atoms. The summed E-state index contributed by atoms with van der Waals surface area (Å²) >= 11 is 0. The molecule has 0 atom stereocenters. The van der Waals surface area contributed by atoms with Gasteiger partial charge in [0.15, 0.2) is 11.5 Å². The summed E-state index contributed by atoms with van der Waals surface area (Å²) in [6.45, 7) is 5.64. The number of carbonyl (C=O) groups excluding carboxylic acids is 1. The Labute approximate surface area is 71.9 Å². The van der Waals surface area contributed by atoms with Gasteiger partial charge in [-0.3, -0.25) is 4.79 Å². The molecule has 2 nitrogen and oxygen atoms in total. The molecule has 0 radical (unpaired) electrons. The minimum Gasteiger partial charge on any atom is -0.461 e. The lowest BCUT2D eigenvalue weighted by Gasteiger charge is -1.95. The largest absolute Gasteiger partial charge is 0.461 e. The summed E-state index contributed by atoms with van der Waals surface area (Å²) in [5, 5.41) is 0. The monoisotopic (exact) mass is 164 g/mol. The normalized spacial score (nSPS) is 9.75. The highest BCUT2D eigenvalue weighted by atomic mass is 16.3. The average molecular weight is 164 g/mol. The molecule has 1 aromatic heterocycles. The smallest absolute Gasteiger partial charge is 0.198 e. The number of ketones is 1. The van der Waals surface area contributed by atoms with Crippen molar-refractivity contribution in [3.8, 4) is 0 Å². The minimum absolute atomic E-state index is 0.0444. The van der Waals surface area contributed by atoms with E-state index < -0.39 is 0 Å². The van der Waals surface area contributed by atoms with E-state index in [1.807, 2.05) is 6.92 Å². The summed E-state index contributed by atoms with van der Waals surface area (Å²) < 4.78 is 4.95. The summed E-state index contributed by atoms with van der Waals surface area (Å²) in [5.41, 5.74) is 1.02. The van der Waals surface area contributed by atoms with Crippen LogP contribution in [0, 0.1) is 0 Å². The van der Waals surface area contributed by atoms with E-state index in [1.54, 1.807) is 12.1 Å². The molecule has 0 N–H and O–H groups in total. The quantitative estimate of drug-likeness (QED) is 0.506. The third kappa shape index (κ3) is 2.38. The zero-order chi connectivity index (χ0) is 8.97. The van der Waals surface area contributed by atoms with Gasteiger partial charge in [0, 0.05) is 6.42 Å². The standard InChI is InChI=1S/C10H12O2/c1-8(2)5-6-9(11)10-4-3-7-12-10/h3-4,7H,1,5-6H2,2H3. The molecule has 0 aliphatic carbocycles. The Hall–Kier alpha value is -1.31. The SMILES string of the molecule is C=C(C)CCC(=O)c1ccco1. The first-order valence-electron chi connectivity index (χ1n) is 3.91. The average Bonchev–Trinajstić information content (AvgIpc) is 2.51. The zero-order valence-corrected chi connectivity index (χ0v) is 7.17. The van der Waals surface area contributed by atoms with E-state index in [0.29, 0.717) is 12.2 Å². The van der Waals surface area contributed by atoms with E-state index in [1.165, 1.54) is 6.26 Å². The van der Waals surface area contributed by atoms with Crippen molar-refractivity contribution >= 4 is 5.78 Å². The fraction of sp³-hybridized carbons (Fsp3) is 0.300. The van der Waals surface area contributed by atoms with Gasteiger partial charge in [0.05, 0.1) is 6.26 Å². The van der Waals surface area contributed by atoms with E-state index >= 15 is 0 Å². The van der Waals surface area contributed by atoms with Crippen molar-refractivity contribution in [3.05, 3.63) is 36.3 Å². The Balaban J connectivity index is 2.45. The Morgan fingerprint density at radius 1 is 1.58 bits per heavy atom. The lowest BCUT2D eigenvalue weighted by Crippen LogP contribution is -1.96. The van der Waals surface area contributed by atoms with Gasteiger partial charge in [-0.05, 0) is 25.5 Å². The Morgan fingerprint density at radius 2 is 2.33 bits per heavy atom. The van der Waals surface area contributed by atoms with Gasteiger partial charge in [-0.2, -0.15) is 0 Å². The van der Waals surface area contributed by atoms with Crippen molar-refractivity contribution in [2.45, 2.75) is 19.8 Å². The molecule has 0 aliphatic heterocycles. The van der Waals surface area contributed by atoms with Crippen molar-refractivity contribution in [3.63, 3.8) is 0 Å². The van der Waals surface area contributed by atoms with Crippen LogP contribution in [-0.4, -0.2) is 5.78 Å². The molecule has 0 aromatic carbocycles. The van der Waals surface area contributed by atoms with Crippen LogP contribution in [0.1, 0.15) is 30.3 Å². The predicted octanol–water partition coefficient (Wildman–Crippen LogP) is 2.82. The predicted molar refractivity (Wildman–Crippen MR) is 47.1 cm³/mol. The van der Waals surface area contributed by atoms with Crippen LogP contribution in [-0.2, 0) is 0 Å². The molecule has 0 fully saturated rings. The highest BCUT2D eigenvalue weighted by Gasteiger charge is 2.07. The molecule has 0 amide bonds. The maximum atomic E-state index is 11.3. The van der Waals surface area contributed by atoms with Crippen LogP contribution in [0.3, 0.4) is 0 Å². The lowest BCUT2D eigenvalue weighted by atomic mass is 10.1. The third-order valence-electron chi connectivity index (χ3n) is 1.57. The zero-order valence-electron chi connectivity index (χ0n) is 7.17. The van der Waals surface area contributed by atoms with Crippen LogP contribution in [0.15, 0.2) is 35.0 Å². The molecule has 2 heteroatoms. The first-order valence-corrected chi connectivity index (χ1v) is 3.91. The number of hydrogen-bond donors (Lipinski definition) is 0. The summed E-state index contributed by atoms with van der Waals surface area (Å²) in [6, 6.07) is 3.40. The molecule has 0 bridgehead atoms. The summed E-state index contributed by atoms with van der Waals surface area (Å²) in [7, 11) is 0. The van der Waals surface area contributed by atoms with E-state index in [9.17, 15) is 4.79 Å². The van der Waals surface area contributed by atoms with E-state index in [-0.39, 0.29) is 5.78 Å². The molecular formula is C10H12O2. The van der Waals surface area contributed by atoms with Gasteiger partial charge in [0.25, 0.3) is 0 Å². The topological polar surface area (TPSA) is 30.2 Å². The summed E-state index contributed by atoms with van der Waals surface area (Å²) in [5.74, 6) is 0.485. The van der Waals surface area contributed by atoms with E-state index in [4.69, 9.17) is 4.42 Å². The van der Waals surface area contributed by atoms with Gasteiger partial charge in [-0.1, -0.05) is 5.57 Å². The number of furan rings is 1. The second kappa shape index (κ2) is 3.90. The molecule has 1 aromatic rings. The molecular weight excluding hydrogens is 152 g/mol. The molecule has 0 saturated heterocycles. The fourth-order valence-electron chi connectivity index (χ4n) is 0.887. The first kappa shape index (κ1) is 8.78. The number of rotatable bonds is 4. The van der Waals surface area contributed by atoms with E-state index in [0.717, 1.165) is 12.0 Å². The Morgan fingerprint density at radius 3 is 2.83 bits per heavy atom. The van der Waals surface area contributed by atoms with Crippen LogP contribution in [0.4, 0.5) is 0 Å². The number of Topliss-reactive ketones (excluding diaryl/α,β-unsaturated/α-hetero) is 1. The number of allylic oxidation sites excluding steroid dienone is 1. The van der Waals surface area contributed by atoms with Crippen LogP contribution < -0.4 is 0 Å². The van der Waals surface area contributed by atoms with Gasteiger partial charge < -0.3 is 4.42 Å². The van der Waals surface area contributed by atoms with Crippen molar-refractivity contribution in [2.24, 2.45) is 0 Å². The number of hydrogen-bond acceptors (Lipinski definition) is 2. The van der Waals surface area contributed by atoms with Gasteiger partial charge in [-0.15, -0.1) is 6.58 Å². The van der Waals surface area contributed by atoms with Crippen molar-refractivity contribution in [2.75, 3.05) is 0 Å². The van der Waals surface area contributed by atoms with Crippen molar-refractivity contribution < 1.29 is 9.21 Å². The van der Waals surface area contributed by atoms with Crippen molar-refractivity contribution in [1.82, 2.24) is 0 Å². The summed E-state index contributed by atoms with van der Waals surface area (Å²) in [4.78, 5) is 11.3. The molecule has 0 aliphatic rings. The number of carbonyl (C=O) groups is 1. The van der Waals surface area contributed by atoms with Gasteiger partial charge in [0.1, 0.15) is 0 Å². The maximum absolute atomic E-state index is 11.3. The van der Waals surface area contributed by atoms with E-state index in [2.05, 4.69) is 6.58 Å². The minimum atomic E-state index is 0.0444. The van der Waals surface area contributed by atoms with Gasteiger partial charge >= 0.3 is 0 Å². The van der Waals surface area contributed by atoms with Gasteiger partial charge in [0.2, 0.25) is 0 Å². The van der Waals surface area contributed by atoms with Crippen LogP contribution in [0.25, 0.3) is 0 Å². The molecule has 64 valence electrons. The van der Waals surface area contributed by atoms with Crippen LogP contribution in [0.5, 0.6) is 0 Å². The second-order valence-corrected chi connectivity index (χ2v) is 2.86. The molecule has 12 heavy (non-hydrogen) atoms. The maximum Gasteiger partial charge on any atom is 0.198 e. The van der Waals surface area contributed by atoms with Gasteiger partial charge in [-0.25, -0.2) is 0 Å². The molecule has 0 unspecified atom stereocenters.